The third-order valence-electron chi connectivity index (χ3n) is 3.48. The molecule has 0 radical (unpaired) electrons. The minimum absolute atomic E-state index is 0.0412. The van der Waals surface area contributed by atoms with E-state index in [1.165, 1.54) is 6.07 Å². The van der Waals surface area contributed by atoms with Gasteiger partial charge >= 0.3 is 6.18 Å². The Morgan fingerprint density at radius 1 is 1.26 bits per heavy atom. The highest BCUT2D eigenvalue weighted by atomic mass is 35.5. The highest BCUT2D eigenvalue weighted by molar-refractivity contribution is 6.31. The lowest BCUT2D eigenvalue weighted by Gasteiger charge is -2.33. The Balaban J connectivity index is 2.24. The maximum atomic E-state index is 12.8. The first-order chi connectivity index (χ1) is 8.89. The average Bonchev–Trinajstić information content (AvgIpc) is 2.38. The molecule has 1 aromatic rings. The lowest BCUT2D eigenvalue weighted by Crippen LogP contribution is -2.44. The second kappa shape index (κ2) is 5.69. The third-order valence-corrected chi connectivity index (χ3v) is 3.81. The van der Waals surface area contributed by atoms with Crippen LogP contribution in [0.5, 0.6) is 0 Å². The van der Waals surface area contributed by atoms with Crippen molar-refractivity contribution in [3.63, 3.8) is 0 Å². The predicted octanol–water partition coefficient (Wildman–Crippen LogP) is 3.33. The van der Waals surface area contributed by atoms with Gasteiger partial charge in [-0.05, 0) is 24.6 Å². The molecular formula is C13H16ClF3N2. The quantitative estimate of drug-likeness (QED) is 0.899. The maximum absolute atomic E-state index is 12.8. The van der Waals surface area contributed by atoms with Gasteiger partial charge in [-0.3, -0.25) is 4.90 Å². The molecule has 1 aliphatic rings. The van der Waals surface area contributed by atoms with Crippen LogP contribution in [0.4, 0.5) is 13.2 Å². The van der Waals surface area contributed by atoms with Crippen molar-refractivity contribution in [3.05, 3.63) is 34.3 Å². The molecule has 0 amide bonds. The van der Waals surface area contributed by atoms with Gasteiger partial charge in [-0.2, -0.15) is 13.2 Å². The van der Waals surface area contributed by atoms with Gasteiger partial charge in [0.25, 0.3) is 0 Å². The van der Waals surface area contributed by atoms with Crippen molar-refractivity contribution in [2.45, 2.75) is 19.1 Å². The van der Waals surface area contributed by atoms with E-state index in [1.807, 2.05) is 6.92 Å². The van der Waals surface area contributed by atoms with Crippen LogP contribution >= 0.6 is 11.6 Å². The van der Waals surface area contributed by atoms with Crippen molar-refractivity contribution in [1.29, 1.82) is 0 Å². The number of hydrogen-bond donors (Lipinski definition) is 1. The standard InChI is InChI=1S/C13H16ClF3N2/c1-9(19-6-4-18-5-7-19)10-2-3-12(14)11(8-10)13(15,16)17/h2-3,8-9,18H,4-7H2,1H3/t9-/m0/s1. The number of alkyl halides is 3. The van der Waals surface area contributed by atoms with E-state index in [9.17, 15) is 13.2 Å². The van der Waals surface area contributed by atoms with Crippen molar-refractivity contribution in [2.75, 3.05) is 26.2 Å². The fraction of sp³-hybridized carbons (Fsp3) is 0.538. The monoisotopic (exact) mass is 292 g/mol. The lowest BCUT2D eigenvalue weighted by molar-refractivity contribution is -0.137. The number of benzene rings is 1. The summed E-state index contributed by atoms with van der Waals surface area (Å²) in [6.07, 6.45) is -4.41. The molecule has 0 saturated carbocycles. The van der Waals surface area contributed by atoms with Crippen LogP contribution in [0.1, 0.15) is 24.1 Å². The molecule has 1 fully saturated rings. The van der Waals surface area contributed by atoms with Crippen LogP contribution in [0.2, 0.25) is 5.02 Å². The first-order valence-corrected chi connectivity index (χ1v) is 6.59. The highest BCUT2D eigenvalue weighted by Gasteiger charge is 2.34. The van der Waals surface area contributed by atoms with E-state index >= 15 is 0 Å². The van der Waals surface area contributed by atoms with Crippen molar-refractivity contribution < 1.29 is 13.2 Å². The molecule has 2 nitrogen and oxygen atoms in total. The van der Waals surface area contributed by atoms with E-state index < -0.39 is 11.7 Å². The molecule has 0 aromatic heterocycles. The lowest BCUT2D eigenvalue weighted by atomic mass is 10.0. The molecule has 19 heavy (non-hydrogen) atoms. The van der Waals surface area contributed by atoms with E-state index in [2.05, 4.69) is 10.2 Å². The minimum atomic E-state index is -4.41. The second-order valence-electron chi connectivity index (χ2n) is 4.70. The smallest absolute Gasteiger partial charge is 0.314 e. The Bertz CT molecular complexity index is 442. The first kappa shape index (κ1) is 14.6. The van der Waals surface area contributed by atoms with Gasteiger partial charge in [0.15, 0.2) is 0 Å². The van der Waals surface area contributed by atoms with Gasteiger partial charge in [0.05, 0.1) is 10.6 Å². The Morgan fingerprint density at radius 3 is 2.47 bits per heavy atom. The molecule has 1 heterocycles. The molecule has 1 saturated heterocycles. The number of nitrogens with one attached hydrogen (secondary N) is 1. The fourth-order valence-electron chi connectivity index (χ4n) is 2.30. The molecule has 0 unspecified atom stereocenters. The molecule has 0 bridgehead atoms. The Morgan fingerprint density at radius 2 is 1.89 bits per heavy atom. The zero-order chi connectivity index (χ0) is 14.0. The topological polar surface area (TPSA) is 15.3 Å². The summed E-state index contributed by atoms with van der Waals surface area (Å²) in [5, 5.41) is 2.98. The maximum Gasteiger partial charge on any atom is 0.417 e. The number of piperazine rings is 1. The second-order valence-corrected chi connectivity index (χ2v) is 5.11. The van der Waals surface area contributed by atoms with E-state index in [0.717, 1.165) is 32.2 Å². The van der Waals surface area contributed by atoms with E-state index in [-0.39, 0.29) is 11.1 Å². The first-order valence-electron chi connectivity index (χ1n) is 6.21. The SMILES string of the molecule is C[C@@H](c1ccc(Cl)c(C(F)(F)F)c1)N1CCNCC1. The number of rotatable bonds is 2. The summed E-state index contributed by atoms with van der Waals surface area (Å²) in [5.74, 6) is 0. The normalized spacial score (nSPS) is 19.4. The van der Waals surface area contributed by atoms with E-state index in [1.54, 1.807) is 6.07 Å². The summed E-state index contributed by atoms with van der Waals surface area (Å²) in [4.78, 5) is 2.17. The van der Waals surface area contributed by atoms with Crippen LogP contribution < -0.4 is 5.32 Å². The Labute approximate surface area is 115 Å². The van der Waals surface area contributed by atoms with Gasteiger partial charge in [0.1, 0.15) is 0 Å². The molecule has 106 valence electrons. The van der Waals surface area contributed by atoms with Gasteiger partial charge < -0.3 is 5.32 Å². The van der Waals surface area contributed by atoms with Crippen molar-refractivity contribution in [2.24, 2.45) is 0 Å². The van der Waals surface area contributed by atoms with Crippen LogP contribution in [-0.4, -0.2) is 31.1 Å². The number of hydrogen-bond acceptors (Lipinski definition) is 2. The van der Waals surface area contributed by atoms with Crippen molar-refractivity contribution in [3.8, 4) is 0 Å². The molecule has 2 rings (SSSR count). The fourth-order valence-corrected chi connectivity index (χ4v) is 2.52. The summed E-state index contributed by atoms with van der Waals surface area (Å²) in [6, 6.07) is 4.12. The molecule has 0 spiro atoms. The van der Waals surface area contributed by atoms with Crippen LogP contribution in [0.25, 0.3) is 0 Å². The minimum Gasteiger partial charge on any atom is -0.314 e. The molecule has 1 N–H and O–H groups in total. The summed E-state index contributed by atoms with van der Waals surface area (Å²) >= 11 is 5.63. The molecule has 1 aromatic carbocycles. The number of halogens is 4. The van der Waals surface area contributed by atoms with Gasteiger partial charge in [-0.25, -0.2) is 0 Å². The third kappa shape index (κ3) is 3.41. The molecule has 0 aliphatic carbocycles. The molecule has 1 atom stereocenters. The van der Waals surface area contributed by atoms with Crippen molar-refractivity contribution in [1.82, 2.24) is 10.2 Å². The summed E-state index contributed by atoms with van der Waals surface area (Å²) in [6.45, 7) is 5.33. The summed E-state index contributed by atoms with van der Waals surface area (Å²) in [5.41, 5.74) is -0.104. The van der Waals surface area contributed by atoms with Gasteiger partial charge in [-0.15, -0.1) is 0 Å². The summed E-state index contributed by atoms with van der Waals surface area (Å²) in [7, 11) is 0. The van der Waals surface area contributed by atoms with Gasteiger partial charge in [0.2, 0.25) is 0 Å². The Hall–Kier alpha value is -0.780. The number of nitrogens with zero attached hydrogens (tertiary/aromatic N) is 1. The zero-order valence-electron chi connectivity index (χ0n) is 10.6. The van der Waals surface area contributed by atoms with Gasteiger partial charge in [0, 0.05) is 32.2 Å². The van der Waals surface area contributed by atoms with E-state index in [4.69, 9.17) is 11.6 Å². The predicted molar refractivity (Wildman–Crippen MR) is 69.3 cm³/mol. The zero-order valence-corrected chi connectivity index (χ0v) is 11.4. The average molecular weight is 293 g/mol. The van der Waals surface area contributed by atoms with Crippen molar-refractivity contribution >= 4 is 11.6 Å². The molecule has 6 heteroatoms. The van der Waals surface area contributed by atoms with Crippen LogP contribution in [0.3, 0.4) is 0 Å². The largest absolute Gasteiger partial charge is 0.417 e. The van der Waals surface area contributed by atoms with Gasteiger partial charge in [-0.1, -0.05) is 17.7 Å². The highest BCUT2D eigenvalue weighted by Crippen LogP contribution is 2.36. The van der Waals surface area contributed by atoms with Crippen LogP contribution in [-0.2, 0) is 6.18 Å². The Kier molecular flexibility index (Phi) is 4.38. The molecule has 1 aliphatic heterocycles. The summed E-state index contributed by atoms with van der Waals surface area (Å²) < 4.78 is 38.5. The molecular weight excluding hydrogens is 277 g/mol. The van der Waals surface area contributed by atoms with E-state index in [0.29, 0.717) is 5.56 Å². The van der Waals surface area contributed by atoms with Crippen LogP contribution in [0, 0.1) is 0 Å². The van der Waals surface area contributed by atoms with Crippen LogP contribution in [0.15, 0.2) is 18.2 Å².